The summed E-state index contributed by atoms with van der Waals surface area (Å²) >= 11 is 0. The van der Waals surface area contributed by atoms with Gasteiger partial charge in [-0.05, 0) is 38.8 Å². The van der Waals surface area contributed by atoms with Gasteiger partial charge in [0, 0.05) is 18.8 Å². The van der Waals surface area contributed by atoms with Crippen molar-refractivity contribution < 1.29 is 9.90 Å². The molecule has 2 amide bonds. The summed E-state index contributed by atoms with van der Waals surface area (Å²) in [6.07, 6.45) is 0.796. The Bertz CT molecular complexity index is 665. The second-order valence-electron chi connectivity index (χ2n) is 6.25. The highest BCUT2D eigenvalue weighted by molar-refractivity contribution is 5.73. The fourth-order valence-corrected chi connectivity index (χ4v) is 2.55. The molecule has 1 heterocycles. The molecule has 3 N–H and O–H groups in total. The Labute approximate surface area is 142 Å². The number of benzene rings is 1. The predicted octanol–water partition coefficient (Wildman–Crippen LogP) is 2.10. The number of urea groups is 1. The van der Waals surface area contributed by atoms with Crippen LogP contribution in [0.5, 0.6) is 0 Å². The molecule has 1 unspecified atom stereocenters. The minimum atomic E-state index is -1.09. The zero-order valence-corrected chi connectivity index (χ0v) is 14.5. The van der Waals surface area contributed by atoms with Crippen molar-refractivity contribution in [3.05, 3.63) is 53.3 Å². The Morgan fingerprint density at radius 3 is 2.58 bits per heavy atom. The average molecular weight is 330 g/mol. The van der Waals surface area contributed by atoms with Crippen LogP contribution in [0.15, 0.2) is 36.4 Å². The molecule has 2 aromatic rings. The van der Waals surface area contributed by atoms with E-state index in [1.54, 1.807) is 6.92 Å². The topological polar surface area (TPSA) is 79.2 Å². The number of aromatic nitrogens is 2. The van der Waals surface area contributed by atoms with E-state index in [1.165, 1.54) is 0 Å². The third kappa shape index (κ3) is 5.09. The molecule has 0 bridgehead atoms. The molecule has 2 rings (SSSR count). The van der Waals surface area contributed by atoms with Gasteiger partial charge in [-0.2, -0.15) is 5.10 Å². The molecule has 0 aliphatic carbocycles. The Balaban J connectivity index is 1.69. The van der Waals surface area contributed by atoms with Gasteiger partial charge in [-0.15, -0.1) is 0 Å². The van der Waals surface area contributed by atoms with Gasteiger partial charge in [0.1, 0.15) is 5.60 Å². The molecule has 0 saturated heterocycles. The lowest BCUT2D eigenvalue weighted by molar-refractivity contribution is 0.0594. The molecule has 24 heavy (non-hydrogen) atoms. The van der Waals surface area contributed by atoms with Gasteiger partial charge in [-0.1, -0.05) is 30.3 Å². The predicted molar refractivity (Wildman–Crippen MR) is 93.7 cm³/mol. The lowest BCUT2D eigenvalue weighted by Gasteiger charge is -2.24. The lowest BCUT2D eigenvalue weighted by atomic mass is 9.96. The largest absolute Gasteiger partial charge is 0.384 e. The summed E-state index contributed by atoms with van der Waals surface area (Å²) in [6.45, 7) is 7.14. The van der Waals surface area contributed by atoms with Gasteiger partial charge < -0.3 is 15.7 Å². The van der Waals surface area contributed by atoms with Crippen LogP contribution < -0.4 is 10.6 Å². The SMILES string of the molecule is Cc1cc(C)n(CCCNC(=O)NCC(C)(O)c2ccccc2)n1. The summed E-state index contributed by atoms with van der Waals surface area (Å²) in [5.74, 6) is 0. The van der Waals surface area contributed by atoms with E-state index in [4.69, 9.17) is 0 Å². The zero-order valence-electron chi connectivity index (χ0n) is 14.5. The highest BCUT2D eigenvalue weighted by Crippen LogP contribution is 2.18. The lowest BCUT2D eigenvalue weighted by Crippen LogP contribution is -2.43. The van der Waals surface area contributed by atoms with E-state index in [0.717, 1.165) is 29.9 Å². The number of nitrogens with one attached hydrogen (secondary N) is 2. The molecule has 0 aliphatic rings. The Hall–Kier alpha value is -2.34. The molecule has 0 saturated carbocycles. The van der Waals surface area contributed by atoms with Gasteiger partial charge in [-0.25, -0.2) is 4.79 Å². The first-order chi connectivity index (χ1) is 11.4. The van der Waals surface area contributed by atoms with E-state index < -0.39 is 5.60 Å². The summed E-state index contributed by atoms with van der Waals surface area (Å²) in [4.78, 5) is 11.8. The van der Waals surface area contributed by atoms with Crippen LogP contribution in [0.2, 0.25) is 0 Å². The van der Waals surface area contributed by atoms with Crippen molar-refractivity contribution in [1.29, 1.82) is 0 Å². The van der Waals surface area contributed by atoms with Crippen LogP contribution >= 0.6 is 0 Å². The number of hydrogen-bond donors (Lipinski definition) is 3. The Morgan fingerprint density at radius 2 is 1.96 bits per heavy atom. The van der Waals surface area contributed by atoms with Gasteiger partial charge in [0.2, 0.25) is 0 Å². The van der Waals surface area contributed by atoms with Crippen molar-refractivity contribution in [2.45, 2.75) is 39.3 Å². The normalized spacial score (nSPS) is 13.3. The molecule has 0 fully saturated rings. The number of carbonyl (C=O) groups is 1. The maximum atomic E-state index is 11.8. The molecule has 0 aliphatic heterocycles. The first-order valence-electron chi connectivity index (χ1n) is 8.19. The number of aryl methyl sites for hydroxylation is 3. The Kier molecular flexibility index (Phi) is 5.98. The monoisotopic (exact) mass is 330 g/mol. The molecule has 6 heteroatoms. The van der Waals surface area contributed by atoms with E-state index in [-0.39, 0.29) is 12.6 Å². The van der Waals surface area contributed by atoms with Crippen LogP contribution in [-0.4, -0.2) is 34.0 Å². The van der Waals surface area contributed by atoms with E-state index >= 15 is 0 Å². The van der Waals surface area contributed by atoms with Crippen molar-refractivity contribution in [3.63, 3.8) is 0 Å². The van der Waals surface area contributed by atoms with Crippen molar-refractivity contribution in [3.8, 4) is 0 Å². The molecule has 6 nitrogen and oxygen atoms in total. The van der Waals surface area contributed by atoms with Gasteiger partial charge in [0.25, 0.3) is 0 Å². The average Bonchev–Trinajstić information content (AvgIpc) is 2.88. The standard InChI is InChI=1S/C18H26N4O2/c1-14-12-15(2)22(21-14)11-7-10-19-17(23)20-13-18(3,24)16-8-5-4-6-9-16/h4-6,8-9,12,24H,7,10-11,13H2,1-3H3,(H2,19,20,23). The van der Waals surface area contributed by atoms with Gasteiger partial charge in [0.15, 0.2) is 0 Å². The minimum Gasteiger partial charge on any atom is -0.384 e. The second-order valence-corrected chi connectivity index (χ2v) is 6.25. The summed E-state index contributed by atoms with van der Waals surface area (Å²) in [7, 11) is 0. The smallest absolute Gasteiger partial charge is 0.314 e. The van der Waals surface area contributed by atoms with Crippen LogP contribution in [-0.2, 0) is 12.1 Å². The highest BCUT2D eigenvalue weighted by Gasteiger charge is 2.23. The molecule has 1 aromatic carbocycles. The van der Waals surface area contributed by atoms with Crippen LogP contribution in [0.25, 0.3) is 0 Å². The number of carbonyl (C=O) groups excluding carboxylic acids is 1. The quantitative estimate of drug-likeness (QED) is 0.680. The zero-order chi connectivity index (χ0) is 17.6. The molecule has 0 radical (unpaired) electrons. The molecule has 0 spiro atoms. The molecule has 1 atom stereocenters. The van der Waals surface area contributed by atoms with Gasteiger partial charge >= 0.3 is 6.03 Å². The maximum absolute atomic E-state index is 11.8. The molecule has 1 aromatic heterocycles. The van der Waals surface area contributed by atoms with Crippen molar-refractivity contribution in [1.82, 2.24) is 20.4 Å². The van der Waals surface area contributed by atoms with E-state index in [0.29, 0.717) is 6.54 Å². The summed E-state index contributed by atoms with van der Waals surface area (Å²) in [6, 6.07) is 11.1. The maximum Gasteiger partial charge on any atom is 0.314 e. The number of hydrogen-bond acceptors (Lipinski definition) is 3. The molecule has 130 valence electrons. The fraction of sp³-hybridized carbons (Fsp3) is 0.444. The number of rotatable bonds is 7. The first-order valence-corrected chi connectivity index (χ1v) is 8.19. The van der Waals surface area contributed by atoms with Crippen molar-refractivity contribution in [2.75, 3.05) is 13.1 Å². The third-order valence-corrected chi connectivity index (χ3v) is 3.92. The number of nitrogens with zero attached hydrogens (tertiary/aromatic N) is 2. The van der Waals surface area contributed by atoms with Crippen molar-refractivity contribution >= 4 is 6.03 Å². The second kappa shape index (κ2) is 7.97. The van der Waals surface area contributed by atoms with Crippen LogP contribution in [0.1, 0.15) is 30.3 Å². The molecular weight excluding hydrogens is 304 g/mol. The van der Waals surface area contributed by atoms with Crippen LogP contribution in [0.3, 0.4) is 0 Å². The Morgan fingerprint density at radius 1 is 1.25 bits per heavy atom. The highest BCUT2D eigenvalue weighted by atomic mass is 16.3. The summed E-state index contributed by atoms with van der Waals surface area (Å²) in [5, 5.41) is 20.3. The third-order valence-electron chi connectivity index (χ3n) is 3.92. The van der Waals surface area contributed by atoms with E-state index in [2.05, 4.69) is 15.7 Å². The van der Waals surface area contributed by atoms with Gasteiger partial charge in [-0.3, -0.25) is 4.68 Å². The van der Waals surface area contributed by atoms with E-state index in [1.807, 2.05) is 54.9 Å². The summed E-state index contributed by atoms with van der Waals surface area (Å²) in [5.41, 5.74) is 1.80. The summed E-state index contributed by atoms with van der Waals surface area (Å²) < 4.78 is 1.94. The van der Waals surface area contributed by atoms with Crippen LogP contribution in [0.4, 0.5) is 4.79 Å². The number of amides is 2. The minimum absolute atomic E-state index is 0.153. The van der Waals surface area contributed by atoms with E-state index in [9.17, 15) is 9.90 Å². The molecular formula is C18H26N4O2. The first kappa shape index (κ1) is 18.0. The van der Waals surface area contributed by atoms with Crippen LogP contribution in [0, 0.1) is 13.8 Å². The van der Waals surface area contributed by atoms with Crippen molar-refractivity contribution in [2.24, 2.45) is 0 Å². The number of aliphatic hydroxyl groups is 1. The fourth-order valence-electron chi connectivity index (χ4n) is 2.55. The van der Waals surface area contributed by atoms with Gasteiger partial charge in [0.05, 0.1) is 12.2 Å².